The first-order valence-electron chi connectivity index (χ1n) is 9.89. The molecule has 0 aromatic carbocycles. The minimum Gasteiger partial charge on any atom is -0.350 e. The summed E-state index contributed by atoms with van der Waals surface area (Å²) >= 11 is 0. The minimum atomic E-state index is -0.715. The van der Waals surface area contributed by atoms with Crippen molar-refractivity contribution >= 4 is 17.7 Å². The van der Waals surface area contributed by atoms with E-state index in [2.05, 4.69) is 10.6 Å². The van der Waals surface area contributed by atoms with E-state index in [1.807, 2.05) is 41.5 Å². The molecule has 0 aromatic heterocycles. The van der Waals surface area contributed by atoms with E-state index in [9.17, 15) is 14.4 Å². The zero-order chi connectivity index (χ0) is 20.8. The van der Waals surface area contributed by atoms with Crippen molar-refractivity contribution in [1.29, 1.82) is 0 Å². The predicted octanol–water partition coefficient (Wildman–Crippen LogP) is 2.52. The molecule has 2 unspecified atom stereocenters. The van der Waals surface area contributed by atoms with Gasteiger partial charge < -0.3 is 10.6 Å². The van der Waals surface area contributed by atoms with Crippen molar-refractivity contribution in [3.63, 3.8) is 0 Å². The van der Waals surface area contributed by atoms with E-state index < -0.39 is 28.8 Å². The summed E-state index contributed by atoms with van der Waals surface area (Å²) in [7, 11) is 0. The lowest BCUT2D eigenvalue weighted by atomic mass is 9.84. The number of amides is 3. The summed E-state index contributed by atoms with van der Waals surface area (Å²) < 4.78 is 0. The van der Waals surface area contributed by atoms with Crippen LogP contribution in [-0.4, -0.2) is 34.5 Å². The second kappa shape index (κ2) is 9.53. The monoisotopic (exact) mass is 383 g/mol. The van der Waals surface area contributed by atoms with Crippen molar-refractivity contribution in [2.24, 2.45) is 17.3 Å². The van der Waals surface area contributed by atoms with Crippen LogP contribution < -0.4 is 16.1 Å². The lowest BCUT2D eigenvalue weighted by Crippen LogP contribution is -2.58. The van der Waals surface area contributed by atoms with Gasteiger partial charge in [0.15, 0.2) is 0 Å². The third-order valence-electron chi connectivity index (χ3n) is 4.93. The fourth-order valence-corrected chi connectivity index (χ4v) is 3.58. The summed E-state index contributed by atoms with van der Waals surface area (Å²) in [6.07, 6.45) is 4.90. The third-order valence-corrected chi connectivity index (χ3v) is 4.93. The highest BCUT2D eigenvalue weighted by Crippen LogP contribution is 2.32. The first kappa shape index (κ1) is 23.4. The molecule has 7 nitrogen and oxygen atoms in total. The molecule has 4 N–H and O–H groups in total. The van der Waals surface area contributed by atoms with Crippen LogP contribution in [0.2, 0.25) is 0 Å². The highest BCUT2D eigenvalue weighted by Gasteiger charge is 2.37. The Bertz CT molecular complexity index is 528. The van der Waals surface area contributed by atoms with Gasteiger partial charge >= 0.3 is 0 Å². The van der Waals surface area contributed by atoms with Crippen LogP contribution in [0, 0.1) is 17.3 Å². The van der Waals surface area contributed by atoms with Crippen LogP contribution in [0.5, 0.6) is 0 Å². The average Bonchev–Trinajstić information content (AvgIpc) is 3.01. The van der Waals surface area contributed by atoms with Crippen molar-refractivity contribution in [2.75, 3.05) is 0 Å². The zero-order valence-corrected chi connectivity index (χ0v) is 17.6. The van der Waals surface area contributed by atoms with Gasteiger partial charge in [0.2, 0.25) is 17.7 Å². The molecule has 1 aliphatic rings. The zero-order valence-electron chi connectivity index (χ0n) is 17.6. The second-order valence-electron chi connectivity index (χ2n) is 9.87. The summed E-state index contributed by atoms with van der Waals surface area (Å²) in [5, 5.41) is 14.7. The molecule has 1 saturated carbocycles. The maximum absolute atomic E-state index is 13.0. The SMILES string of the molecule is CC(C)(C)NC(=O)C(NC(=O)C(CC(=O)NO)CC1CCCC1)C(C)(C)C. The molecule has 0 aromatic rings. The highest BCUT2D eigenvalue weighted by molar-refractivity contribution is 5.91. The van der Waals surface area contributed by atoms with Crippen LogP contribution in [0.4, 0.5) is 0 Å². The van der Waals surface area contributed by atoms with E-state index in [1.165, 1.54) is 0 Å². The number of hydrogen-bond donors (Lipinski definition) is 4. The van der Waals surface area contributed by atoms with Crippen LogP contribution in [0.3, 0.4) is 0 Å². The van der Waals surface area contributed by atoms with E-state index in [0.717, 1.165) is 25.7 Å². The van der Waals surface area contributed by atoms with Gasteiger partial charge in [0.1, 0.15) is 6.04 Å². The Hall–Kier alpha value is -1.63. The molecule has 156 valence electrons. The molecule has 0 aliphatic heterocycles. The van der Waals surface area contributed by atoms with Crippen molar-refractivity contribution in [3.05, 3.63) is 0 Å². The molecular formula is C20H37N3O4. The summed E-state index contributed by atoms with van der Waals surface area (Å²) in [5.41, 5.74) is 0.719. The normalized spacial score (nSPS) is 17.9. The number of hydrogen-bond acceptors (Lipinski definition) is 4. The fourth-order valence-electron chi connectivity index (χ4n) is 3.58. The molecule has 0 spiro atoms. The van der Waals surface area contributed by atoms with Crippen molar-refractivity contribution in [3.8, 4) is 0 Å². The molecule has 0 bridgehead atoms. The number of nitrogens with one attached hydrogen (secondary N) is 3. The van der Waals surface area contributed by atoms with Gasteiger partial charge in [0.05, 0.1) is 0 Å². The molecule has 0 radical (unpaired) electrons. The summed E-state index contributed by atoms with van der Waals surface area (Å²) in [4.78, 5) is 37.4. The minimum absolute atomic E-state index is 0.0867. The Morgan fingerprint density at radius 2 is 1.56 bits per heavy atom. The second-order valence-corrected chi connectivity index (χ2v) is 9.87. The molecule has 1 aliphatic carbocycles. The quantitative estimate of drug-likeness (QED) is 0.400. The van der Waals surface area contributed by atoms with Crippen LogP contribution in [-0.2, 0) is 14.4 Å². The molecular weight excluding hydrogens is 346 g/mol. The van der Waals surface area contributed by atoms with Crippen LogP contribution in [0.1, 0.15) is 80.1 Å². The van der Waals surface area contributed by atoms with Gasteiger partial charge in [-0.3, -0.25) is 19.6 Å². The Kier molecular flexibility index (Phi) is 8.26. The first-order chi connectivity index (χ1) is 12.3. The topological polar surface area (TPSA) is 108 Å². The Labute approximate surface area is 163 Å². The lowest BCUT2D eigenvalue weighted by Gasteiger charge is -2.34. The van der Waals surface area contributed by atoms with E-state index in [0.29, 0.717) is 12.3 Å². The first-order valence-corrected chi connectivity index (χ1v) is 9.89. The predicted molar refractivity (Wildman–Crippen MR) is 104 cm³/mol. The maximum atomic E-state index is 13.0. The average molecular weight is 384 g/mol. The standard InChI is InChI=1S/C20H37N3O4/c1-19(2,3)16(18(26)22-20(4,5)6)21-17(25)14(12-15(24)23-27)11-13-9-7-8-10-13/h13-14,16,27H,7-12H2,1-6H3,(H,21,25)(H,22,26)(H,23,24). The van der Waals surface area contributed by atoms with Gasteiger partial charge in [-0.05, 0) is 38.5 Å². The fraction of sp³-hybridized carbons (Fsp3) is 0.850. The Morgan fingerprint density at radius 1 is 1.00 bits per heavy atom. The Balaban J connectivity index is 2.91. The molecule has 27 heavy (non-hydrogen) atoms. The highest BCUT2D eigenvalue weighted by atomic mass is 16.5. The molecule has 0 heterocycles. The van der Waals surface area contributed by atoms with Gasteiger partial charge in [-0.2, -0.15) is 0 Å². The van der Waals surface area contributed by atoms with Gasteiger partial charge in [-0.25, -0.2) is 5.48 Å². The molecule has 3 amide bonds. The number of carbonyl (C=O) groups is 3. The molecule has 0 saturated heterocycles. The van der Waals surface area contributed by atoms with E-state index in [-0.39, 0.29) is 18.2 Å². The van der Waals surface area contributed by atoms with E-state index >= 15 is 0 Å². The van der Waals surface area contributed by atoms with Crippen LogP contribution in [0.25, 0.3) is 0 Å². The summed E-state index contributed by atoms with van der Waals surface area (Å²) in [6.45, 7) is 11.4. The third kappa shape index (κ3) is 8.28. The smallest absolute Gasteiger partial charge is 0.244 e. The largest absolute Gasteiger partial charge is 0.350 e. The number of rotatable bonds is 7. The molecule has 2 atom stereocenters. The van der Waals surface area contributed by atoms with Crippen LogP contribution >= 0.6 is 0 Å². The summed E-state index contributed by atoms with van der Waals surface area (Å²) in [6, 6.07) is -0.715. The summed E-state index contributed by atoms with van der Waals surface area (Å²) in [5.74, 6) is -1.29. The van der Waals surface area contributed by atoms with Crippen molar-refractivity contribution in [2.45, 2.75) is 91.6 Å². The van der Waals surface area contributed by atoms with Gasteiger partial charge in [-0.1, -0.05) is 46.5 Å². The van der Waals surface area contributed by atoms with Crippen LogP contribution in [0.15, 0.2) is 0 Å². The molecule has 1 fully saturated rings. The van der Waals surface area contributed by atoms with E-state index in [1.54, 1.807) is 5.48 Å². The van der Waals surface area contributed by atoms with Gasteiger partial charge in [0.25, 0.3) is 0 Å². The van der Waals surface area contributed by atoms with Gasteiger partial charge in [-0.15, -0.1) is 0 Å². The molecule has 7 heteroatoms. The van der Waals surface area contributed by atoms with Gasteiger partial charge in [0, 0.05) is 17.9 Å². The number of carbonyl (C=O) groups excluding carboxylic acids is 3. The van der Waals surface area contributed by atoms with Crippen molar-refractivity contribution < 1.29 is 19.6 Å². The Morgan fingerprint density at radius 3 is 2.00 bits per heavy atom. The number of hydroxylamine groups is 1. The molecule has 1 rings (SSSR count). The van der Waals surface area contributed by atoms with E-state index in [4.69, 9.17) is 5.21 Å². The lowest BCUT2D eigenvalue weighted by molar-refractivity contribution is -0.138. The van der Waals surface area contributed by atoms with Crippen molar-refractivity contribution in [1.82, 2.24) is 16.1 Å². The maximum Gasteiger partial charge on any atom is 0.244 e.